The number of aromatic amines is 2. The fourth-order valence-corrected chi connectivity index (χ4v) is 8.02. The smallest absolute Gasteiger partial charge is 0.302 e. The Morgan fingerprint density at radius 3 is 1.51 bits per heavy atom. The Labute approximate surface area is 226 Å². The highest BCUT2D eigenvalue weighted by atomic mass is 127. The van der Waals surface area contributed by atoms with Crippen LogP contribution in [0.2, 0.25) is 0 Å². The van der Waals surface area contributed by atoms with Crippen LogP contribution < -0.4 is 0 Å². The van der Waals surface area contributed by atoms with Gasteiger partial charge in [0, 0.05) is 92.0 Å². The second-order valence-corrected chi connectivity index (χ2v) is 13.4. The normalized spacial score (nSPS) is 29.0. The van der Waals surface area contributed by atoms with Crippen molar-refractivity contribution in [2.24, 2.45) is 0 Å². The number of H-pyrrole nitrogens is 2. The number of hydrogen-bond acceptors (Lipinski definition) is 8. The Morgan fingerprint density at radius 1 is 0.857 bits per heavy atom. The molecule has 35 heavy (non-hydrogen) atoms. The van der Waals surface area contributed by atoms with Gasteiger partial charge in [0.2, 0.25) is 9.84 Å². The lowest BCUT2D eigenvalue weighted by molar-refractivity contribution is -0.520. The zero-order valence-corrected chi connectivity index (χ0v) is 23.3. The Morgan fingerprint density at radius 2 is 1.23 bits per heavy atom. The third-order valence-corrected chi connectivity index (χ3v) is 10.7. The molecule has 0 unspecified atom stereocenters. The zero-order valence-electron chi connectivity index (χ0n) is 18.2. The van der Waals surface area contributed by atoms with Gasteiger partial charge in [-0.25, -0.2) is 18.4 Å². The summed E-state index contributed by atoms with van der Waals surface area (Å²) in [4.78, 5) is 36.5. The number of halogens is 2. The van der Waals surface area contributed by atoms with E-state index in [4.69, 9.17) is 0 Å². The van der Waals surface area contributed by atoms with E-state index in [-0.39, 0.29) is 21.0 Å². The van der Waals surface area contributed by atoms with Gasteiger partial charge in [-0.3, -0.25) is 20.2 Å². The van der Waals surface area contributed by atoms with E-state index in [1.54, 1.807) is 45.2 Å². The maximum Gasteiger partial charge on any atom is 0.302 e. The summed E-state index contributed by atoms with van der Waals surface area (Å²) >= 11 is 3.22. The maximum atomic E-state index is 13.9. The van der Waals surface area contributed by atoms with Crippen molar-refractivity contribution >= 4 is 55.0 Å². The van der Waals surface area contributed by atoms with Gasteiger partial charge >= 0.3 is 7.09 Å². The molecule has 12 nitrogen and oxygen atoms in total. The van der Waals surface area contributed by atoms with Crippen LogP contribution in [0, 0.1) is 20.2 Å². The molecule has 184 valence electrons. The van der Waals surface area contributed by atoms with Crippen LogP contribution in [0.25, 0.3) is 0 Å². The van der Waals surface area contributed by atoms with E-state index in [2.05, 4.69) is 19.9 Å². The molecule has 0 aliphatic heterocycles. The summed E-state index contributed by atoms with van der Waals surface area (Å²) < 4.78 is 24.0. The second-order valence-electron chi connectivity index (χ2n) is 8.09. The van der Waals surface area contributed by atoms with Gasteiger partial charge in [-0.05, 0) is 25.0 Å². The van der Waals surface area contributed by atoms with Crippen LogP contribution in [-0.2, 0) is 9.84 Å². The molecular weight excluding hydrogens is 706 g/mol. The minimum absolute atomic E-state index is 0.274. The lowest BCUT2D eigenvalue weighted by atomic mass is 9.91. The van der Waals surface area contributed by atoms with Gasteiger partial charge in [-0.2, -0.15) is 0 Å². The van der Waals surface area contributed by atoms with E-state index < -0.39 is 38.6 Å². The van der Waals surface area contributed by atoms with Crippen molar-refractivity contribution in [1.82, 2.24) is 19.9 Å². The lowest BCUT2D eigenvalue weighted by Crippen LogP contribution is -2.40. The minimum Gasteiger partial charge on any atom is -0.348 e. The molecular formula is C20H18I2N6O6S. The quantitative estimate of drug-likeness (QED) is 0.148. The number of sulfone groups is 1. The van der Waals surface area contributed by atoms with Gasteiger partial charge in [0.25, 0.3) is 0 Å². The number of aromatic nitrogens is 4. The zero-order chi connectivity index (χ0) is 25.8. The summed E-state index contributed by atoms with van der Waals surface area (Å²) in [5.41, 5.74) is 0.560. The molecule has 2 aliphatic carbocycles. The average molecular weight is 724 g/mol. The van der Waals surface area contributed by atoms with Crippen molar-refractivity contribution < 1.29 is 18.3 Å². The van der Waals surface area contributed by atoms with Crippen LogP contribution >= 0.6 is 45.2 Å². The standard InChI is InChI=1S/C20H18I2N6O6S/c1-11-7-13(17-23-3-4-24-17)19(21,27(29)30)9-15(11)35(33,34)16-10-20(22,28(31)32)14(8-12(16)2)18-25-5-6-26-18/h3-10,13-14H,1-2H3,(H,23,24)(H,25,26)/t13-,14+,19-,20-/m1/s1. The van der Waals surface area contributed by atoms with Gasteiger partial charge < -0.3 is 9.97 Å². The van der Waals surface area contributed by atoms with Crippen molar-refractivity contribution in [2.75, 3.05) is 0 Å². The number of rotatable bonds is 6. The third kappa shape index (κ3) is 4.15. The summed E-state index contributed by atoms with van der Waals surface area (Å²) in [6, 6.07) is 0. The first-order valence-electron chi connectivity index (χ1n) is 10.1. The lowest BCUT2D eigenvalue weighted by Gasteiger charge is -2.31. The fraction of sp³-hybridized carbons (Fsp3) is 0.300. The highest BCUT2D eigenvalue weighted by molar-refractivity contribution is 14.1. The van der Waals surface area contributed by atoms with Gasteiger partial charge in [-0.1, -0.05) is 12.2 Å². The molecule has 0 aromatic carbocycles. The molecule has 2 aromatic heterocycles. The van der Waals surface area contributed by atoms with E-state index in [0.717, 1.165) is 12.2 Å². The van der Waals surface area contributed by atoms with Crippen LogP contribution in [0.5, 0.6) is 0 Å². The summed E-state index contributed by atoms with van der Waals surface area (Å²) in [5.74, 6) is -1.07. The highest BCUT2D eigenvalue weighted by Crippen LogP contribution is 2.49. The number of hydrogen-bond donors (Lipinski definition) is 2. The monoisotopic (exact) mass is 724 g/mol. The Kier molecular flexibility index (Phi) is 6.54. The molecule has 0 saturated heterocycles. The van der Waals surface area contributed by atoms with Crippen molar-refractivity contribution in [1.29, 1.82) is 0 Å². The first-order valence-corrected chi connectivity index (χ1v) is 13.7. The van der Waals surface area contributed by atoms with Gasteiger partial charge in [-0.15, -0.1) is 0 Å². The van der Waals surface area contributed by atoms with Crippen molar-refractivity contribution in [3.63, 3.8) is 0 Å². The van der Waals surface area contributed by atoms with Crippen LogP contribution in [0.3, 0.4) is 0 Å². The number of alkyl halides is 2. The first-order chi connectivity index (χ1) is 16.3. The van der Waals surface area contributed by atoms with Crippen LogP contribution in [0.1, 0.15) is 37.3 Å². The molecule has 0 spiro atoms. The summed E-state index contributed by atoms with van der Waals surface area (Å²) in [6.45, 7) is 3.07. The predicted molar refractivity (Wildman–Crippen MR) is 143 cm³/mol. The first kappa shape index (κ1) is 25.7. The molecule has 4 atom stereocenters. The van der Waals surface area contributed by atoms with Gasteiger partial charge in [0.15, 0.2) is 0 Å². The Bertz CT molecular complexity index is 1330. The summed E-state index contributed by atoms with van der Waals surface area (Å²) in [7, 11) is -4.37. The highest BCUT2D eigenvalue weighted by Gasteiger charge is 2.54. The molecule has 2 aromatic rings. The molecule has 0 bridgehead atoms. The van der Waals surface area contributed by atoms with Gasteiger partial charge in [0.1, 0.15) is 23.5 Å². The van der Waals surface area contributed by atoms with Crippen molar-refractivity contribution in [3.05, 3.63) is 102 Å². The Balaban J connectivity index is 1.86. The number of allylic oxidation sites excluding steroid dienone is 2. The van der Waals surface area contributed by atoms with Gasteiger partial charge in [0.05, 0.1) is 9.81 Å². The molecule has 2 aliphatic rings. The van der Waals surface area contributed by atoms with E-state index >= 15 is 0 Å². The topological polar surface area (TPSA) is 178 Å². The summed E-state index contributed by atoms with van der Waals surface area (Å²) in [5, 5.41) is 24.3. The van der Waals surface area contributed by atoms with Crippen LogP contribution in [0.4, 0.5) is 0 Å². The largest absolute Gasteiger partial charge is 0.348 e. The number of nitrogens with one attached hydrogen (secondary N) is 2. The Hall–Kier alpha value is -2.41. The maximum absolute atomic E-state index is 13.9. The number of nitrogens with zero attached hydrogens (tertiary/aromatic N) is 4. The molecule has 0 amide bonds. The molecule has 0 saturated carbocycles. The third-order valence-electron chi connectivity index (χ3n) is 5.92. The van der Waals surface area contributed by atoms with E-state index in [1.165, 1.54) is 50.8 Å². The molecule has 2 N–H and O–H groups in total. The number of imidazole rings is 2. The van der Waals surface area contributed by atoms with E-state index in [9.17, 15) is 28.6 Å². The van der Waals surface area contributed by atoms with E-state index in [0.29, 0.717) is 11.6 Å². The van der Waals surface area contributed by atoms with Crippen molar-refractivity contribution in [3.8, 4) is 0 Å². The molecule has 15 heteroatoms. The SMILES string of the molecule is CC1=C[C@H](c2ncc[nH]2)[C@](I)([N+](=O)[O-])C=C1S(=O)(=O)C1=C[C@@](I)([N+](=O)[O-])[C@H](c2ncc[nH]2)C=C1C. The average Bonchev–Trinajstić information content (AvgIpc) is 3.50. The molecule has 0 radical (unpaired) electrons. The minimum atomic E-state index is -4.37. The molecule has 0 fully saturated rings. The van der Waals surface area contributed by atoms with Crippen LogP contribution in [-0.4, -0.2) is 45.3 Å². The second kappa shape index (κ2) is 8.91. The van der Waals surface area contributed by atoms with Crippen molar-refractivity contribution in [2.45, 2.75) is 32.8 Å². The van der Waals surface area contributed by atoms with E-state index in [1.807, 2.05) is 0 Å². The number of nitro groups is 2. The molecule has 4 rings (SSSR count). The predicted octanol–water partition coefficient (Wildman–Crippen LogP) is 3.92. The fourth-order valence-electron chi connectivity index (χ4n) is 4.14. The molecule has 2 heterocycles. The summed E-state index contributed by atoms with van der Waals surface area (Å²) in [6.07, 6.45) is 11.1. The van der Waals surface area contributed by atoms with Crippen LogP contribution in [0.15, 0.2) is 70.0 Å².